The molecular weight excluding hydrogens is 262 g/mol. The van der Waals surface area contributed by atoms with Crippen LogP contribution in [0.1, 0.15) is 38.8 Å². The first-order chi connectivity index (χ1) is 10.1. The summed E-state index contributed by atoms with van der Waals surface area (Å²) in [7, 11) is 0. The number of anilines is 1. The van der Waals surface area contributed by atoms with Gasteiger partial charge in [-0.2, -0.15) is 0 Å². The zero-order valence-corrected chi connectivity index (χ0v) is 12.2. The maximum absolute atomic E-state index is 12.7. The van der Waals surface area contributed by atoms with E-state index in [0.717, 1.165) is 28.8 Å². The fourth-order valence-electron chi connectivity index (χ4n) is 2.79. The second-order valence-electron chi connectivity index (χ2n) is 5.42. The lowest BCUT2D eigenvalue weighted by Crippen LogP contribution is -2.29. The number of benzene rings is 2. The second-order valence-corrected chi connectivity index (χ2v) is 5.42. The summed E-state index contributed by atoms with van der Waals surface area (Å²) in [6.45, 7) is 4.18. The van der Waals surface area contributed by atoms with Gasteiger partial charge in [0.05, 0.1) is 0 Å². The minimum atomic E-state index is 0.0300. The molecule has 0 N–H and O–H groups in total. The molecule has 0 spiro atoms. The third-order valence-electron chi connectivity index (χ3n) is 4.00. The van der Waals surface area contributed by atoms with E-state index in [-0.39, 0.29) is 11.7 Å². The molecule has 3 nitrogen and oxygen atoms in total. The number of hydrogen-bond acceptors (Lipinski definition) is 2. The molecule has 1 aliphatic rings. The van der Waals surface area contributed by atoms with E-state index in [0.29, 0.717) is 12.1 Å². The van der Waals surface area contributed by atoms with E-state index in [9.17, 15) is 9.59 Å². The first-order valence-corrected chi connectivity index (χ1v) is 7.09. The van der Waals surface area contributed by atoms with Crippen molar-refractivity contribution in [3.8, 4) is 0 Å². The fourth-order valence-corrected chi connectivity index (χ4v) is 2.79. The summed E-state index contributed by atoms with van der Waals surface area (Å²) in [5.41, 5.74) is 4.43. The molecule has 0 aliphatic carbocycles. The second kappa shape index (κ2) is 5.17. The van der Waals surface area contributed by atoms with Crippen LogP contribution in [0.4, 0.5) is 5.69 Å². The molecule has 0 bridgehead atoms. The van der Waals surface area contributed by atoms with Gasteiger partial charge in [0, 0.05) is 23.4 Å². The summed E-state index contributed by atoms with van der Waals surface area (Å²) in [6, 6.07) is 13.2. The first kappa shape index (κ1) is 13.6. The van der Waals surface area contributed by atoms with Gasteiger partial charge in [0.25, 0.3) is 5.91 Å². The van der Waals surface area contributed by atoms with Crippen LogP contribution in [-0.2, 0) is 6.42 Å². The number of nitrogens with zero attached hydrogens (tertiary/aromatic N) is 1. The van der Waals surface area contributed by atoms with Crippen LogP contribution in [0, 0.1) is 6.92 Å². The third kappa shape index (κ3) is 2.35. The Morgan fingerprint density at radius 3 is 2.57 bits per heavy atom. The van der Waals surface area contributed by atoms with Gasteiger partial charge in [-0.05, 0) is 55.7 Å². The van der Waals surface area contributed by atoms with Gasteiger partial charge in [-0.1, -0.05) is 18.2 Å². The Kier molecular flexibility index (Phi) is 3.34. The van der Waals surface area contributed by atoms with E-state index in [1.54, 1.807) is 13.0 Å². The highest BCUT2D eigenvalue weighted by Crippen LogP contribution is 2.30. The van der Waals surface area contributed by atoms with Crippen LogP contribution >= 0.6 is 0 Å². The molecule has 3 rings (SSSR count). The average molecular weight is 279 g/mol. The summed E-state index contributed by atoms with van der Waals surface area (Å²) in [4.78, 5) is 26.0. The molecule has 3 heteroatoms. The number of carbonyl (C=O) groups excluding carboxylic acids is 2. The minimum absolute atomic E-state index is 0.0300. The molecule has 1 heterocycles. The molecular formula is C18H17NO2. The van der Waals surface area contributed by atoms with E-state index in [2.05, 4.69) is 0 Å². The van der Waals surface area contributed by atoms with Gasteiger partial charge in [-0.15, -0.1) is 0 Å². The Labute approximate surface area is 124 Å². The van der Waals surface area contributed by atoms with Gasteiger partial charge in [0.1, 0.15) is 0 Å². The molecule has 21 heavy (non-hydrogen) atoms. The van der Waals surface area contributed by atoms with Crippen molar-refractivity contribution in [2.75, 3.05) is 11.4 Å². The van der Waals surface area contributed by atoms with Gasteiger partial charge in [-0.3, -0.25) is 9.59 Å². The largest absolute Gasteiger partial charge is 0.308 e. The Morgan fingerprint density at radius 2 is 1.86 bits per heavy atom. The molecule has 2 aromatic rings. The Balaban J connectivity index is 1.96. The van der Waals surface area contributed by atoms with Gasteiger partial charge in [0.15, 0.2) is 5.78 Å². The zero-order valence-electron chi connectivity index (χ0n) is 12.2. The van der Waals surface area contributed by atoms with Crippen molar-refractivity contribution in [2.24, 2.45) is 0 Å². The van der Waals surface area contributed by atoms with Crippen LogP contribution in [0.2, 0.25) is 0 Å². The van der Waals surface area contributed by atoms with Crippen LogP contribution in [0.15, 0.2) is 42.5 Å². The number of amides is 1. The highest BCUT2D eigenvalue weighted by atomic mass is 16.2. The van der Waals surface area contributed by atoms with Crippen molar-refractivity contribution in [2.45, 2.75) is 20.3 Å². The van der Waals surface area contributed by atoms with E-state index >= 15 is 0 Å². The predicted octanol–water partition coefficient (Wildman–Crippen LogP) is 3.40. The molecule has 0 radical (unpaired) electrons. The number of rotatable bonds is 2. The smallest absolute Gasteiger partial charge is 0.258 e. The number of ketones is 1. The van der Waals surface area contributed by atoms with Crippen molar-refractivity contribution in [1.29, 1.82) is 0 Å². The van der Waals surface area contributed by atoms with Crippen molar-refractivity contribution in [1.82, 2.24) is 0 Å². The maximum Gasteiger partial charge on any atom is 0.258 e. The molecule has 0 aromatic heterocycles. The van der Waals surface area contributed by atoms with Crippen LogP contribution < -0.4 is 4.90 Å². The lowest BCUT2D eigenvalue weighted by atomic mass is 10.1. The van der Waals surface area contributed by atoms with Crippen LogP contribution in [0.25, 0.3) is 0 Å². The van der Waals surface area contributed by atoms with Crippen molar-refractivity contribution >= 4 is 17.4 Å². The minimum Gasteiger partial charge on any atom is -0.308 e. The van der Waals surface area contributed by atoms with Crippen LogP contribution in [0.5, 0.6) is 0 Å². The van der Waals surface area contributed by atoms with Gasteiger partial charge >= 0.3 is 0 Å². The third-order valence-corrected chi connectivity index (χ3v) is 4.00. The normalized spacial score (nSPS) is 13.1. The average Bonchev–Trinajstić information content (AvgIpc) is 2.90. The highest BCUT2D eigenvalue weighted by molar-refractivity contribution is 6.08. The quantitative estimate of drug-likeness (QED) is 0.790. The molecule has 2 aromatic carbocycles. The van der Waals surface area contributed by atoms with E-state index in [1.807, 2.05) is 48.2 Å². The van der Waals surface area contributed by atoms with Gasteiger partial charge in [-0.25, -0.2) is 0 Å². The highest BCUT2D eigenvalue weighted by Gasteiger charge is 2.26. The molecule has 0 unspecified atom stereocenters. The summed E-state index contributed by atoms with van der Waals surface area (Å²) < 4.78 is 0. The summed E-state index contributed by atoms with van der Waals surface area (Å²) in [5, 5.41) is 0. The molecule has 0 saturated carbocycles. The molecule has 0 fully saturated rings. The standard InChI is InChI=1S/C18H17NO2/c1-12-5-3-4-6-16(12)18(21)19-10-9-15-11-14(13(2)20)7-8-17(15)19/h3-8,11H,9-10H2,1-2H3. The van der Waals surface area contributed by atoms with Crippen LogP contribution in [-0.4, -0.2) is 18.2 Å². The first-order valence-electron chi connectivity index (χ1n) is 7.09. The predicted molar refractivity (Wildman–Crippen MR) is 83.0 cm³/mol. The monoisotopic (exact) mass is 279 g/mol. The lowest BCUT2D eigenvalue weighted by Gasteiger charge is -2.18. The SMILES string of the molecule is CC(=O)c1ccc2c(c1)CCN2C(=O)c1ccccc1C. The van der Waals surface area contributed by atoms with Crippen LogP contribution in [0.3, 0.4) is 0 Å². The van der Waals surface area contributed by atoms with Gasteiger partial charge < -0.3 is 4.90 Å². The lowest BCUT2D eigenvalue weighted by molar-refractivity contribution is 0.0987. The van der Waals surface area contributed by atoms with E-state index in [1.165, 1.54) is 0 Å². The van der Waals surface area contributed by atoms with Crippen molar-refractivity contribution in [3.63, 3.8) is 0 Å². The molecule has 1 aliphatic heterocycles. The summed E-state index contributed by atoms with van der Waals surface area (Å²) in [5.74, 6) is 0.0869. The number of hydrogen-bond donors (Lipinski definition) is 0. The number of Topliss-reactive ketones (excluding diaryl/α,β-unsaturated/α-hetero) is 1. The molecule has 1 amide bonds. The zero-order chi connectivity index (χ0) is 15.0. The van der Waals surface area contributed by atoms with Crippen molar-refractivity contribution < 1.29 is 9.59 Å². The van der Waals surface area contributed by atoms with E-state index in [4.69, 9.17) is 0 Å². The number of carbonyl (C=O) groups is 2. The number of fused-ring (bicyclic) bond motifs is 1. The van der Waals surface area contributed by atoms with E-state index < -0.39 is 0 Å². The summed E-state index contributed by atoms with van der Waals surface area (Å²) >= 11 is 0. The van der Waals surface area contributed by atoms with Crippen molar-refractivity contribution in [3.05, 3.63) is 64.7 Å². The van der Waals surface area contributed by atoms with Gasteiger partial charge in [0.2, 0.25) is 0 Å². The number of aryl methyl sites for hydroxylation is 1. The Bertz CT molecular complexity index is 734. The Hall–Kier alpha value is -2.42. The topological polar surface area (TPSA) is 37.4 Å². The Morgan fingerprint density at radius 1 is 1.10 bits per heavy atom. The summed E-state index contributed by atoms with van der Waals surface area (Å²) in [6.07, 6.45) is 0.800. The molecule has 106 valence electrons. The maximum atomic E-state index is 12.7. The molecule has 0 saturated heterocycles. The molecule has 0 atom stereocenters. The fraction of sp³-hybridized carbons (Fsp3) is 0.222.